The van der Waals surface area contributed by atoms with Crippen LogP contribution in [0.25, 0.3) is 0 Å². The molecular weight excluding hydrogens is 1230 g/mol. The first kappa shape index (κ1) is 74.0. The van der Waals surface area contributed by atoms with Gasteiger partial charge in [0.1, 0.15) is 165 Å². The molecule has 0 radical (unpaired) electrons. The standard InChI is InChI=1S/C51H86N4O35/c1-13-25(52-14(2)62)36(73)41(22(10-60)79-13)86-48-28(55-17(5)65)37(74)42(23(11-61)84-48)87-49-40(77)43(88-51-45(39(76)32(69)21(9-59)83-51)90-47-27(54-16(4)64)35(72)30(67)19(7-57)81-47)33(70)24(85-49)12-78-50-44(38(75)31(68)20(8-58)82-50)89-46-26(53-15(3)63)34(71)29(66)18(6-56)80-46/h13,18-51,56-61,66-77H,6-12H2,1-5H3,(H,52,62)(H,53,63)(H,54,64)(H,55,65)/t13-,18-,19?,20?,21+,22?,23?,24?,25?,26?,27-,28-,29+,30+,31+,32+,33+,34?,35?,36+,37?,38?,39?,40+,41+,42+,43?,44+,45?,46-,47-,48-,49-,50-,51+/m0/s1. The number of amides is 4. The van der Waals surface area contributed by atoms with E-state index in [-0.39, 0.29) is 0 Å². The first-order valence-electron chi connectivity index (χ1n) is 28.9. The molecule has 520 valence electrons. The molecule has 0 aliphatic carbocycles. The minimum Gasteiger partial charge on any atom is -0.394 e. The van der Waals surface area contributed by atoms with Crippen molar-refractivity contribution in [3.8, 4) is 0 Å². The molecule has 4 amide bonds. The number of carbonyl (C=O) groups is 4. The maximum atomic E-state index is 12.8. The van der Waals surface area contributed by atoms with Crippen LogP contribution in [0.1, 0.15) is 34.6 Å². The van der Waals surface area contributed by atoms with Gasteiger partial charge in [-0.2, -0.15) is 0 Å². The summed E-state index contributed by atoms with van der Waals surface area (Å²) in [5, 5.41) is 209. The van der Waals surface area contributed by atoms with Crippen LogP contribution in [0.2, 0.25) is 0 Å². The van der Waals surface area contributed by atoms with Gasteiger partial charge in [0.15, 0.2) is 37.7 Å². The SMILES string of the molecule is CC(=O)NC1C(O)[C@H](O)[C@H](CO)O[C@H]1O[C@@H]1C(O)[C@H](O)C(CO)O[C@@H]1OCC1O[C@@H](O[C@@H]2C(CO)O[C@@H](O[C@@H]3C(CO)O[C@@H](C)C(NC(C)=O)[C@H]3O)[C@@H](NC(C)=O)C2O)[C@H](O)C(O[C@H]2O[C@H](CO)[C@@H](O)C(O)C2O[C@@H]2OC(CO)[C@@H](O)C(O)[C@@H]2NC(C)=O)[C@@H]1O. The average Bonchev–Trinajstić information content (AvgIpc) is 2.89. The Labute approximate surface area is 512 Å². The first-order chi connectivity index (χ1) is 42.5. The van der Waals surface area contributed by atoms with Crippen molar-refractivity contribution in [3.63, 3.8) is 0 Å². The molecule has 0 saturated carbocycles. The van der Waals surface area contributed by atoms with Gasteiger partial charge in [0.2, 0.25) is 23.6 Å². The molecule has 14 unspecified atom stereocenters. The van der Waals surface area contributed by atoms with Crippen molar-refractivity contribution in [2.75, 3.05) is 46.2 Å². The van der Waals surface area contributed by atoms with Gasteiger partial charge in [0, 0.05) is 27.7 Å². The number of carbonyl (C=O) groups excluding carboxylic acids is 4. The van der Waals surface area contributed by atoms with Crippen LogP contribution in [-0.4, -0.2) is 376 Å². The largest absolute Gasteiger partial charge is 0.394 e. The second kappa shape index (κ2) is 32.4. The Morgan fingerprint density at radius 1 is 0.300 bits per heavy atom. The smallest absolute Gasteiger partial charge is 0.217 e. The highest BCUT2D eigenvalue weighted by atomic mass is 16.8. The molecular formula is C51H86N4O35. The minimum absolute atomic E-state index is 0.591. The fraction of sp³-hybridized carbons (Fsp3) is 0.922. The van der Waals surface area contributed by atoms with Gasteiger partial charge in [-0.05, 0) is 6.92 Å². The molecule has 7 saturated heterocycles. The summed E-state index contributed by atoms with van der Waals surface area (Å²) in [6.45, 7) is -1.24. The molecule has 22 N–H and O–H groups in total. The lowest BCUT2D eigenvalue weighted by atomic mass is 9.92. The highest BCUT2D eigenvalue weighted by Gasteiger charge is 2.59. The van der Waals surface area contributed by atoms with Crippen molar-refractivity contribution in [1.29, 1.82) is 0 Å². The van der Waals surface area contributed by atoms with E-state index in [4.69, 9.17) is 61.6 Å². The van der Waals surface area contributed by atoms with Gasteiger partial charge in [0.25, 0.3) is 0 Å². The topological polar surface area (TPSA) is 601 Å². The zero-order valence-corrected chi connectivity index (χ0v) is 49.1. The third-order valence-corrected chi connectivity index (χ3v) is 16.4. The first-order valence-corrected chi connectivity index (χ1v) is 28.9. The summed E-state index contributed by atoms with van der Waals surface area (Å²) in [6, 6.07) is -6.32. The van der Waals surface area contributed by atoms with E-state index in [0.29, 0.717) is 0 Å². The van der Waals surface area contributed by atoms with Crippen molar-refractivity contribution in [2.24, 2.45) is 0 Å². The summed E-state index contributed by atoms with van der Waals surface area (Å²) in [7, 11) is 0. The van der Waals surface area contributed by atoms with Crippen molar-refractivity contribution in [3.05, 3.63) is 0 Å². The highest BCUT2D eigenvalue weighted by molar-refractivity contribution is 5.74. The lowest BCUT2D eigenvalue weighted by Gasteiger charge is -2.51. The quantitative estimate of drug-likeness (QED) is 0.0452. The van der Waals surface area contributed by atoms with Crippen LogP contribution in [0.15, 0.2) is 0 Å². The Hall–Kier alpha value is -3.36. The number of ether oxygens (including phenoxy) is 13. The van der Waals surface area contributed by atoms with E-state index >= 15 is 0 Å². The molecule has 0 spiro atoms. The number of rotatable bonds is 23. The molecule has 0 bridgehead atoms. The fourth-order valence-corrected chi connectivity index (χ4v) is 11.7. The van der Waals surface area contributed by atoms with Gasteiger partial charge in [0.05, 0.1) is 58.4 Å². The Balaban J connectivity index is 1.25. The summed E-state index contributed by atoms with van der Waals surface area (Å²) >= 11 is 0. The normalized spacial score (nSPS) is 47.6. The Morgan fingerprint density at radius 3 is 1.02 bits per heavy atom. The van der Waals surface area contributed by atoms with E-state index in [2.05, 4.69) is 21.3 Å². The number of aliphatic hydroxyl groups excluding tert-OH is 18. The van der Waals surface area contributed by atoms with Crippen LogP contribution in [0.4, 0.5) is 0 Å². The Bertz CT molecular complexity index is 2310. The molecule has 0 aromatic carbocycles. The molecule has 7 aliphatic heterocycles. The Morgan fingerprint density at radius 2 is 0.600 bits per heavy atom. The molecule has 0 aromatic rings. The third kappa shape index (κ3) is 16.5. The average molecular weight is 1320 g/mol. The van der Waals surface area contributed by atoms with E-state index in [9.17, 15) is 111 Å². The van der Waals surface area contributed by atoms with Crippen molar-refractivity contribution < 1.29 is 173 Å². The zero-order valence-electron chi connectivity index (χ0n) is 49.1. The van der Waals surface area contributed by atoms with Gasteiger partial charge in [-0.25, -0.2) is 0 Å². The summed E-state index contributed by atoms with van der Waals surface area (Å²) in [4.78, 5) is 49.7. The Kier molecular flexibility index (Phi) is 26.6. The molecule has 7 rings (SSSR count). The van der Waals surface area contributed by atoms with E-state index in [1.807, 2.05) is 0 Å². The van der Waals surface area contributed by atoms with Crippen LogP contribution >= 0.6 is 0 Å². The zero-order chi connectivity index (χ0) is 66.5. The molecule has 7 fully saturated rings. The van der Waals surface area contributed by atoms with Crippen LogP contribution in [0.3, 0.4) is 0 Å². The molecule has 7 aliphatic rings. The summed E-state index contributed by atoms with van der Waals surface area (Å²) in [5.74, 6) is -3.06. The van der Waals surface area contributed by atoms with Crippen molar-refractivity contribution in [2.45, 2.75) is 249 Å². The van der Waals surface area contributed by atoms with E-state index < -0.39 is 284 Å². The minimum atomic E-state index is -2.42. The number of aliphatic hydroxyl groups is 18. The maximum absolute atomic E-state index is 12.8. The molecule has 35 atom stereocenters. The number of hydrogen-bond donors (Lipinski definition) is 22. The highest BCUT2D eigenvalue weighted by Crippen LogP contribution is 2.38. The molecule has 0 aromatic heterocycles. The predicted molar refractivity (Wildman–Crippen MR) is 282 cm³/mol. The van der Waals surface area contributed by atoms with Crippen molar-refractivity contribution in [1.82, 2.24) is 21.3 Å². The number of hydrogen-bond acceptors (Lipinski definition) is 35. The van der Waals surface area contributed by atoms with Crippen LogP contribution in [0, 0.1) is 0 Å². The van der Waals surface area contributed by atoms with Gasteiger partial charge in [-0.1, -0.05) is 0 Å². The van der Waals surface area contributed by atoms with E-state index in [1.165, 1.54) is 6.92 Å². The maximum Gasteiger partial charge on any atom is 0.217 e. The summed E-state index contributed by atoms with van der Waals surface area (Å²) < 4.78 is 77.4. The van der Waals surface area contributed by atoms with Crippen LogP contribution in [-0.2, 0) is 80.8 Å². The van der Waals surface area contributed by atoms with Gasteiger partial charge in [-0.15, -0.1) is 0 Å². The van der Waals surface area contributed by atoms with Crippen molar-refractivity contribution >= 4 is 23.6 Å². The number of nitrogens with one attached hydrogen (secondary N) is 4. The molecule has 7 heterocycles. The van der Waals surface area contributed by atoms with E-state index in [0.717, 1.165) is 27.7 Å². The van der Waals surface area contributed by atoms with Crippen LogP contribution in [0.5, 0.6) is 0 Å². The third-order valence-electron chi connectivity index (χ3n) is 16.4. The molecule has 39 nitrogen and oxygen atoms in total. The predicted octanol–water partition coefficient (Wildman–Crippen LogP) is -14.6. The van der Waals surface area contributed by atoms with Crippen LogP contribution < -0.4 is 21.3 Å². The molecule has 39 heteroatoms. The van der Waals surface area contributed by atoms with Gasteiger partial charge in [-0.3, -0.25) is 19.2 Å². The lowest BCUT2D eigenvalue weighted by molar-refractivity contribution is -0.395. The fourth-order valence-electron chi connectivity index (χ4n) is 11.7. The van der Waals surface area contributed by atoms with E-state index in [1.54, 1.807) is 0 Å². The monoisotopic (exact) mass is 1310 g/mol. The summed E-state index contributed by atoms with van der Waals surface area (Å²) in [5.41, 5.74) is 0. The lowest BCUT2D eigenvalue weighted by Crippen LogP contribution is -2.70. The van der Waals surface area contributed by atoms with Gasteiger partial charge < -0.3 is 175 Å². The van der Waals surface area contributed by atoms with Gasteiger partial charge >= 0.3 is 0 Å². The second-order valence-corrected chi connectivity index (χ2v) is 22.9. The molecule has 90 heavy (non-hydrogen) atoms. The second-order valence-electron chi connectivity index (χ2n) is 22.9. The summed E-state index contributed by atoms with van der Waals surface area (Å²) in [6.07, 6.45) is -59.7.